The summed E-state index contributed by atoms with van der Waals surface area (Å²) in [5.41, 5.74) is 2.06. The largest absolute Gasteiger partial charge is 0.457 e. The molecule has 0 fully saturated rings. The van der Waals surface area contributed by atoms with Crippen molar-refractivity contribution in [1.29, 1.82) is 0 Å². The van der Waals surface area contributed by atoms with Crippen LogP contribution in [0, 0.1) is 0 Å². The van der Waals surface area contributed by atoms with Gasteiger partial charge in [-0.1, -0.05) is 44.2 Å². The fourth-order valence-electron chi connectivity index (χ4n) is 2.37. The maximum atomic E-state index is 9.32. The molecule has 0 amide bonds. The highest BCUT2D eigenvalue weighted by molar-refractivity contribution is 5.38. The van der Waals surface area contributed by atoms with Crippen LogP contribution < -0.4 is 10.1 Å². The molecule has 0 aliphatic rings. The molecule has 2 aromatic carbocycles. The number of para-hydroxylation sites is 1. The van der Waals surface area contributed by atoms with E-state index < -0.39 is 0 Å². The van der Waals surface area contributed by atoms with Gasteiger partial charge in [0.2, 0.25) is 0 Å². The molecular formula is C18H23NO2. The Kier molecular flexibility index (Phi) is 5.78. The summed E-state index contributed by atoms with van der Waals surface area (Å²) in [7, 11) is 0. The van der Waals surface area contributed by atoms with Crippen LogP contribution in [0.3, 0.4) is 0 Å². The fourth-order valence-corrected chi connectivity index (χ4v) is 2.37. The molecule has 2 aromatic rings. The first-order valence-corrected chi connectivity index (χ1v) is 7.48. The van der Waals surface area contributed by atoms with Crippen molar-refractivity contribution in [1.82, 2.24) is 5.32 Å². The van der Waals surface area contributed by atoms with E-state index in [1.54, 1.807) is 0 Å². The second-order valence-corrected chi connectivity index (χ2v) is 4.96. The molecule has 0 saturated heterocycles. The summed E-state index contributed by atoms with van der Waals surface area (Å²) in [6, 6.07) is 16.0. The maximum Gasteiger partial charge on any atom is 0.132 e. The topological polar surface area (TPSA) is 41.5 Å². The number of rotatable bonds is 7. The van der Waals surface area contributed by atoms with E-state index in [4.69, 9.17) is 4.74 Å². The van der Waals surface area contributed by atoms with Gasteiger partial charge in [-0.25, -0.2) is 0 Å². The van der Waals surface area contributed by atoms with E-state index in [2.05, 4.69) is 31.3 Å². The van der Waals surface area contributed by atoms with Crippen LogP contribution in [-0.2, 0) is 6.61 Å². The second-order valence-electron chi connectivity index (χ2n) is 4.96. The van der Waals surface area contributed by atoms with Crippen LogP contribution in [0.15, 0.2) is 48.5 Å². The van der Waals surface area contributed by atoms with Gasteiger partial charge in [0.15, 0.2) is 0 Å². The first-order chi connectivity index (χ1) is 10.3. The van der Waals surface area contributed by atoms with Gasteiger partial charge in [-0.2, -0.15) is 0 Å². The van der Waals surface area contributed by atoms with Crippen molar-refractivity contribution < 1.29 is 9.84 Å². The van der Waals surface area contributed by atoms with Gasteiger partial charge in [-0.3, -0.25) is 0 Å². The molecule has 0 saturated carbocycles. The Morgan fingerprint density at radius 3 is 2.38 bits per heavy atom. The van der Waals surface area contributed by atoms with Crippen molar-refractivity contribution in [2.75, 3.05) is 6.54 Å². The van der Waals surface area contributed by atoms with Crippen LogP contribution in [0.2, 0.25) is 0 Å². The molecule has 1 unspecified atom stereocenters. The van der Waals surface area contributed by atoms with Crippen molar-refractivity contribution in [2.24, 2.45) is 0 Å². The van der Waals surface area contributed by atoms with Gasteiger partial charge in [0, 0.05) is 11.6 Å². The number of ether oxygens (including phenoxy) is 1. The number of hydrogen-bond acceptors (Lipinski definition) is 3. The SMILES string of the molecule is CCNC(CC)c1ccc(Oc2ccccc2CO)cc1. The van der Waals surface area contributed by atoms with Crippen molar-refractivity contribution >= 4 is 0 Å². The first kappa shape index (κ1) is 15.5. The standard InChI is InChI=1S/C18H23NO2/c1-3-17(19-4-2)14-9-11-16(12-10-14)21-18-8-6-5-7-15(18)13-20/h5-12,17,19-20H,3-4,13H2,1-2H3. The minimum absolute atomic E-state index is 0.0212. The Morgan fingerprint density at radius 1 is 1.05 bits per heavy atom. The molecule has 0 radical (unpaired) electrons. The maximum absolute atomic E-state index is 9.32. The zero-order valence-electron chi connectivity index (χ0n) is 12.7. The predicted octanol–water partition coefficient (Wildman–Crippen LogP) is 4.03. The number of benzene rings is 2. The first-order valence-electron chi connectivity index (χ1n) is 7.48. The van der Waals surface area contributed by atoms with Crippen molar-refractivity contribution in [2.45, 2.75) is 32.9 Å². The Labute approximate surface area is 126 Å². The minimum Gasteiger partial charge on any atom is -0.457 e. The van der Waals surface area contributed by atoms with Crippen LogP contribution >= 0.6 is 0 Å². The number of aliphatic hydroxyl groups is 1. The lowest BCUT2D eigenvalue weighted by Gasteiger charge is -2.17. The molecule has 0 aromatic heterocycles. The van der Waals surface area contributed by atoms with Crippen LogP contribution in [0.25, 0.3) is 0 Å². The molecule has 112 valence electrons. The molecular weight excluding hydrogens is 262 g/mol. The van der Waals surface area contributed by atoms with Gasteiger partial charge in [0.05, 0.1) is 6.61 Å². The molecule has 0 heterocycles. The highest BCUT2D eigenvalue weighted by Gasteiger charge is 2.08. The van der Waals surface area contributed by atoms with Crippen molar-refractivity contribution in [3.63, 3.8) is 0 Å². The third-order valence-corrected chi connectivity index (χ3v) is 3.51. The van der Waals surface area contributed by atoms with Gasteiger partial charge < -0.3 is 15.2 Å². The van der Waals surface area contributed by atoms with E-state index in [9.17, 15) is 5.11 Å². The quantitative estimate of drug-likeness (QED) is 0.807. The van der Waals surface area contributed by atoms with E-state index in [0.717, 1.165) is 24.3 Å². The highest BCUT2D eigenvalue weighted by Crippen LogP contribution is 2.27. The lowest BCUT2D eigenvalue weighted by Crippen LogP contribution is -2.19. The molecule has 3 heteroatoms. The van der Waals surface area contributed by atoms with Gasteiger partial charge >= 0.3 is 0 Å². The Bertz CT molecular complexity index is 551. The summed E-state index contributed by atoms with van der Waals surface area (Å²) in [6.07, 6.45) is 1.06. The number of aliphatic hydroxyl groups excluding tert-OH is 1. The fraction of sp³-hybridized carbons (Fsp3) is 0.333. The van der Waals surface area contributed by atoms with E-state index >= 15 is 0 Å². The summed E-state index contributed by atoms with van der Waals surface area (Å²) in [5, 5.41) is 12.8. The average molecular weight is 285 g/mol. The van der Waals surface area contributed by atoms with Crippen LogP contribution in [0.4, 0.5) is 0 Å². The second kappa shape index (κ2) is 7.81. The molecule has 1 atom stereocenters. The molecule has 0 aliphatic heterocycles. The molecule has 0 aliphatic carbocycles. The van der Waals surface area contributed by atoms with Gasteiger partial charge in [0.25, 0.3) is 0 Å². The summed E-state index contributed by atoms with van der Waals surface area (Å²) in [6.45, 7) is 5.23. The van der Waals surface area contributed by atoms with E-state index in [-0.39, 0.29) is 6.61 Å². The van der Waals surface area contributed by atoms with E-state index in [0.29, 0.717) is 11.8 Å². The zero-order chi connectivity index (χ0) is 15.1. The van der Waals surface area contributed by atoms with Gasteiger partial charge in [-0.15, -0.1) is 0 Å². The summed E-state index contributed by atoms with van der Waals surface area (Å²) >= 11 is 0. The zero-order valence-corrected chi connectivity index (χ0v) is 12.7. The number of nitrogens with one attached hydrogen (secondary N) is 1. The number of hydrogen-bond donors (Lipinski definition) is 2. The van der Waals surface area contributed by atoms with Gasteiger partial charge in [0.1, 0.15) is 11.5 Å². The third kappa shape index (κ3) is 4.06. The summed E-state index contributed by atoms with van der Waals surface area (Å²) in [5.74, 6) is 1.48. The highest BCUT2D eigenvalue weighted by atomic mass is 16.5. The predicted molar refractivity (Wildman–Crippen MR) is 85.6 cm³/mol. The monoisotopic (exact) mass is 285 g/mol. The van der Waals surface area contributed by atoms with Crippen molar-refractivity contribution in [3.8, 4) is 11.5 Å². The lowest BCUT2D eigenvalue weighted by molar-refractivity contribution is 0.276. The molecule has 2 rings (SSSR count). The van der Waals surface area contributed by atoms with E-state index in [1.807, 2.05) is 36.4 Å². The lowest BCUT2D eigenvalue weighted by atomic mass is 10.0. The molecule has 21 heavy (non-hydrogen) atoms. The van der Waals surface area contributed by atoms with Crippen LogP contribution in [0.5, 0.6) is 11.5 Å². The summed E-state index contributed by atoms with van der Waals surface area (Å²) < 4.78 is 5.85. The molecule has 2 N–H and O–H groups in total. The Hall–Kier alpha value is -1.84. The Morgan fingerprint density at radius 2 is 1.76 bits per heavy atom. The average Bonchev–Trinajstić information content (AvgIpc) is 2.54. The molecule has 0 spiro atoms. The normalized spacial score (nSPS) is 12.1. The van der Waals surface area contributed by atoms with Gasteiger partial charge in [-0.05, 0) is 36.7 Å². The van der Waals surface area contributed by atoms with Crippen LogP contribution in [-0.4, -0.2) is 11.7 Å². The smallest absolute Gasteiger partial charge is 0.132 e. The third-order valence-electron chi connectivity index (χ3n) is 3.51. The van der Waals surface area contributed by atoms with Crippen molar-refractivity contribution in [3.05, 3.63) is 59.7 Å². The Balaban J connectivity index is 2.12. The van der Waals surface area contributed by atoms with Crippen LogP contribution in [0.1, 0.15) is 37.4 Å². The minimum atomic E-state index is -0.0212. The molecule has 0 bridgehead atoms. The van der Waals surface area contributed by atoms with E-state index in [1.165, 1.54) is 5.56 Å². The summed E-state index contributed by atoms with van der Waals surface area (Å²) in [4.78, 5) is 0. The molecule has 3 nitrogen and oxygen atoms in total.